The minimum atomic E-state index is 0.101. The summed E-state index contributed by atoms with van der Waals surface area (Å²) in [5.74, 6) is 0.592. The Morgan fingerprint density at radius 3 is 2.88 bits per heavy atom. The van der Waals surface area contributed by atoms with Crippen LogP contribution in [0.2, 0.25) is 0 Å². The van der Waals surface area contributed by atoms with Gasteiger partial charge in [-0.2, -0.15) is 0 Å². The summed E-state index contributed by atoms with van der Waals surface area (Å²) in [6.07, 6.45) is 11.7. The molecule has 2 aliphatic heterocycles. The molecule has 4 aliphatic rings. The fraction of sp³-hybridized carbons (Fsp3) is 0.458. The molecule has 3 atom stereocenters. The monoisotopic (exact) mass is 344 g/mol. The molecule has 134 valence electrons. The maximum absolute atomic E-state index is 4.75. The van der Waals surface area contributed by atoms with Gasteiger partial charge >= 0.3 is 0 Å². The highest BCUT2D eigenvalue weighted by Gasteiger charge is 2.50. The fourth-order valence-electron chi connectivity index (χ4n) is 5.68. The molecular weight excluding hydrogens is 316 g/mol. The second-order valence-corrected chi connectivity index (χ2v) is 8.49. The SMILES string of the molecule is CC1C2CC3=C(CCC4=C3/C=C\CN=CC41C)N2CCc1ccccc1. The van der Waals surface area contributed by atoms with Crippen molar-refractivity contribution in [3.05, 3.63) is 70.5 Å². The van der Waals surface area contributed by atoms with Gasteiger partial charge in [0.15, 0.2) is 0 Å². The van der Waals surface area contributed by atoms with Crippen LogP contribution in [0.5, 0.6) is 0 Å². The molecule has 2 aliphatic carbocycles. The zero-order chi connectivity index (χ0) is 17.7. The van der Waals surface area contributed by atoms with Crippen molar-refractivity contribution in [3.8, 4) is 0 Å². The Morgan fingerprint density at radius 2 is 2.04 bits per heavy atom. The molecule has 0 radical (unpaired) electrons. The van der Waals surface area contributed by atoms with Crippen molar-refractivity contribution in [1.29, 1.82) is 0 Å². The number of likely N-dealkylation sites (tertiary alicyclic amines) is 1. The Bertz CT molecular complexity index is 842. The first-order valence-corrected chi connectivity index (χ1v) is 10.1. The molecule has 0 saturated heterocycles. The molecule has 0 amide bonds. The lowest BCUT2D eigenvalue weighted by molar-refractivity contribution is 0.152. The Kier molecular flexibility index (Phi) is 3.70. The van der Waals surface area contributed by atoms with Gasteiger partial charge < -0.3 is 4.90 Å². The minimum Gasteiger partial charge on any atom is -0.371 e. The molecule has 1 aromatic carbocycles. The van der Waals surface area contributed by atoms with E-state index in [1.807, 2.05) is 0 Å². The summed E-state index contributed by atoms with van der Waals surface area (Å²) < 4.78 is 0. The van der Waals surface area contributed by atoms with Crippen molar-refractivity contribution >= 4 is 6.21 Å². The minimum absolute atomic E-state index is 0.101. The van der Waals surface area contributed by atoms with Gasteiger partial charge in [0.2, 0.25) is 0 Å². The molecule has 2 heteroatoms. The van der Waals surface area contributed by atoms with Crippen molar-refractivity contribution in [2.75, 3.05) is 13.1 Å². The van der Waals surface area contributed by atoms with E-state index in [4.69, 9.17) is 4.99 Å². The summed E-state index contributed by atoms with van der Waals surface area (Å²) in [7, 11) is 0. The van der Waals surface area contributed by atoms with E-state index in [0.717, 1.165) is 19.5 Å². The summed E-state index contributed by atoms with van der Waals surface area (Å²) >= 11 is 0. The quantitative estimate of drug-likeness (QED) is 0.758. The van der Waals surface area contributed by atoms with Gasteiger partial charge in [-0.1, -0.05) is 61.9 Å². The maximum atomic E-state index is 4.75. The molecule has 3 unspecified atom stereocenters. The molecule has 2 heterocycles. The van der Waals surface area contributed by atoms with Crippen LogP contribution in [0.25, 0.3) is 0 Å². The van der Waals surface area contributed by atoms with Crippen LogP contribution in [0.3, 0.4) is 0 Å². The Hall–Kier alpha value is -2.09. The third-order valence-corrected chi connectivity index (χ3v) is 7.28. The van der Waals surface area contributed by atoms with Crippen LogP contribution in [-0.4, -0.2) is 30.2 Å². The van der Waals surface area contributed by atoms with Gasteiger partial charge in [-0.15, -0.1) is 0 Å². The molecule has 0 aromatic heterocycles. The van der Waals surface area contributed by atoms with E-state index >= 15 is 0 Å². The standard InChI is InChI=1S/C24H28N2/c1-17-23-15-20-19-9-6-13-25-16-24(17,2)21(19)10-11-22(20)26(23)14-12-18-7-4-3-5-8-18/h3-9,16-17,23H,10-15H2,1-2H3/b9-6-,25-16?. The first-order chi connectivity index (χ1) is 12.7. The van der Waals surface area contributed by atoms with Crippen molar-refractivity contribution < 1.29 is 0 Å². The van der Waals surface area contributed by atoms with Gasteiger partial charge in [0.1, 0.15) is 0 Å². The molecule has 0 saturated carbocycles. The predicted molar refractivity (Wildman–Crippen MR) is 108 cm³/mol. The summed E-state index contributed by atoms with van der Waals surface area (Å²) in [5, 5.41) is 0. The summed E-state index contributed by atoms with van der Waals surface area (Å²) in [6, 6.07) is 11.6. The topological polar surface area (TPSA) is 15.6 Å². The average molecular weight is 345 g/mol. The number of hydrogen-bond acceptors (Lipinski definition) is 2. The van der Waals surface area contributed by atoms with E-state index in [1.54, 1.807) is 22.4 Å². The number of aliphatic imine (C=N–C) groups is 1. The zero-order valence-electron chi connectivity index (χ0n) is 15.9. The summed E-state index contributed by atoms with van der Waals surface area (Å²) in [6.45, 7) is 6.87. The van der Waals surface area contributed by atoms with Crippen molar-refractivity contribution in [1.82, 2.24) is 4.90 Å². The largest absolute Gasteiger partial charge is 0.371 e. The first-order valence-electron chi connectivity index (χ1n) is 10.1. The first kappa shape index (κ1) is 16.1. The Labute approximate surface area is 157 Å². The highest BCUT2D eigenvalue weighted by molar-refractivity contribution is 5.75. The Balaban J connectivity index is 1.56. The van der Waals surface area contributed by atoms with Gasteiger partial charge in [-0.3, -0.25) is 4.99 Å². The van der Waals surface area contributed by atoms with Crippen LogP contribution in [0.15, 0.2) is 69.9 Å². The van der Waals surface area contributed by atoms with Crippen LogP contribution < -0.4 is 0 Å². The van der Waals surface area contributed by atoms with Gasteiger partial charge in [-0.05, 0) is 48.3 Å². The molecule has 1 aromatic rings. The van der Waals surface area contributed by atoms with E-state index in [1.165, 1.54) is 24.8 Å². The van der Waals surface area contributed by atoms with Crippen LogP contribution in [0.1, 0.15) is 38.7 Å². The fourth-order valence-corrected chi connectivity index (χ4v) is 5.68. The van der Waals surface area contributed by atoms with Gasteiger partial charge in [0.25, 0.3) is 0 Å². The summed E-state index contributed by atoms with van der Waals surface area (Å²) in [5.41, 5.74) is 8.03. The number of nitrogens with zero attached hydrogens (tertiary/aromatic N) is 2. The smallest absolute Gasteiger partial charge is 0.0570 e. The van der Waals surface area contributed by atoms with Crippen LogP contribution >= 0.6 is 0 Å². The molecule has 0 fully saturated rings. The van der Waals surface area contributed by atoms with E-state index in [2.05, 4.69) is 67.4 Å². The second kappa shape index (κ2) is 5.97. The van der Waals surface area contributed by atoms with Crippen LogP contribution in [0.4, 0.5) is 0 Å². The van der Waals surface area contributed by atoms with E-state index < -0.39 is 0 Å². The average Bonchev–Trinajstić information content (AvgIpc) is 3.00. The lowest BCUT2D eigenvalue weighted by Gasteiger charge is -2.46. The second-order valence-electron chi connectivity index (χ2n) is 8.49. The van der Waals surface area contributed by atoms with Gasteiger partial charge in [0.05, 0.1) is 6.54 Å². The lowest BCUT2D eigenvalue weighted by Crippen LogP contribution is -2.46. The lowest BCUT2D eigenvalue weighted by atomic mass is 9.66. The highest BCUT2D eigenvalue weighted by atomic mass is 15.2. The van der Waals surface area contributed by atoms with Gasteiger partial charge in [-0.25, -0.2) is 0 Å². The van der Waals surface area contributed by atoms with Crippen LogP contribution in [0, 0.1) is 11.3 Å². The third-order valence-electron chi connectivity index (χ3n) is 7.28. The number of allylic oxidation sites excluding steroid dienone is 4. The predicted octanol–water partition coefficient (Wildman–Crippen LogP) is 4.94. The van der Waals surface area contributed by atoms with Crippen LogP contribution in [-0.2, 0) is 6.42 Å². The molecule has 0 spiro atoms. The van der Waals surface area contributed by atoms with Crippen molar-refractivity contribution in [2.24, 2.45) is 16.3 Å². The number of fused-ring (bicyclic) bond motifs is 1. The normalized spacial score (nSPS) is 33.4. The molecule has 2 nitrogen and oxygen atoms in total. The molecule has 5 rings (SSSR count). The highest BCUT2D eigenvalue weighted by Crippen LogP contribution is 2.56. The number of benzene rings is 1. The van der Waals surface area contributed by atoms with E-state index in [-0.39, 0.29) is 5.41 Å². The maximum Gasteiger partial charge on any atom is 0.0570 e. The molecule has 0 N–H and O–H groups in total. The molecule has 26 heavy (non-hydrogen) atoms. The molecular formula is C24H28N2. The summed E-state index contributed by atoms with van der Waals surface area (Å²) in [4.78, 5) is 7.52. The number of hydrogen-bond donors (Lipinski definition) is 0. The molecule has 5 bridgehead atoms. The van der Waals surface area contributed by atoms with E-state index in [9.17, 15) is 0 Å². The zero-order valence-corrected chi connectivity index (χ0v) is 15.9. The van der Waals surface area contributed by atoms with Crippen molar-refractivity contribution in [2.45, 2.75) is 45.6 Å². The van der Waals surface area contributed by atoms with Crippen molar-refractivity contribution in [3.63, 3.8) is 0 Å². The Morgan fingerprint density at radius 1 is 1.19 bits per heavy atom. The van der Waals surface area contributed by atoms with Gasteiger partial charge in [0, 0.05) is 29.9 Å². The third kappa shape index (κ3) is 2.27. The van der Waals surface area contributed by atoms with E-state index in [0.29, 0.717) is 12.0 Å². The number of rotatable bonds is 3.